The number of carbonyl (C=O) groups is 2. The predicted octanol–water partition coefficient (Wildman–Crippen LogP) is 5.96. The summed E-state index contributed by atoms with van der Waals surface area (Å²) >= 11 is 1.68. The first kappa shape index (κ1) is 20.4. The summed E-state index contributed by atoms with van der Waals surface area (Å²) in [5, 5.41) is 2.79. The van der Waals surface area contributed by atoms with Gasteiger partial charge in [-0.25, -0.2) is 0 Å². The molecule has 0 spiro atoms. The quantitative estimate of drug-likeness (QED) is 0.303. The van der Waals surface area contributed by atoms with Gasteiger partial charge in [0, 0.05) is 22.2 Å². The lowest BCUT2D eigenvalue weighted by atomic mass is 10.1. The highest BCUT2D eigenvalue weighted by atomic mass is 32.2. The van der Waals surface area contributed by atoms with Gasteiger partial charge in [-0.15, -0.1) is 11.8 Å². The molecule has 0 atom stereocenters. The molecule has 0 unspecified atom stereocenters. The van der Waals surface area contributed by atoms with Gasteiger partial charge < -0.3 is 5.32 Å². The monoisotopic (exact) mass is 399 g/mol. The molecule has 0 fully saturated rings. The zero-order valence-corrected chi connectivity index (χ0v) is 16.9. The fraction of sp³-hybridized carbons (Fsp3) is 0.0400. The van der Waals surface area contributed by atoms with Crippen LogP contribution < -0.4 is 5.32 Å². The first-order chi connectivity index (χ1) is 14.1. The minimum absolute atomic E-state index is 0.116. The minimum Gasteiger partial charge on any atom is -0.322 e. The van der Waals surface area contributed by atoms with Crippen LogP contribution >= 0.6 is 11.8 Å². The zero-order valence-electron chi connectivity index (χ0n) is 16.0. The first-order valence-corrected chi connectivity index (χ1v) is 10.4. The summed E-state index contributed by atoms with van der Waals surface area (Å²) in [7, 11) is 0. The minimum atomic E-state index is -0.247. The lowest BCUT2D eigenvalue weighted by Gasteiger charge is -2.04. The van der Waals surface area contributed by atoms with Crippen LogP contribution in [-0.2, 0) is 4.79 Å². The summed E-state index contributed by atoms with van der Waals surface area (Å²) in [6, 6.07) is 24.5. The molecule has 3 rings (SSSR count). The molecule has 29 heavy (non-hydrogen) atoms. The summed E-state index contributed by atoms with van der Waals surface area (Å²) in [6.45, 7) is 0. The van der Waals surface area contributed by atoms with Crippen molar-refractivity contribution in [3.63, 3.8) is 0 Å². The van der Waals surface area contributed by atoms with Crippen LogP contribution in [0.3, 0.4) is 0 Å². The Bertz CT molecular complexity index is 1040. The van der Waals surface area contributed by atoms with E-state index in [1.165, 1.54) is 11.0 Å². The van der Waals surface area contributed by atoms with Crippen LogP contribution in [0.25, 0.3) is 12.2 Å². The smallest absolute Gasteiger partial charge is 0.248 e. The molecule has 0 aliphatic heterocycles. The molecule has 0 aromatic heterocycles. The third kappa shape index (κ3) is 6.33. The lowest BCUT2D eigenvalue weighted by molar-refractivity contribution is -0.111. The van der Waals surface area contributed by atoms with Crippen molar-refractivity contribution in [2.24, 2.45) is 0 Å². The van der Waals surface area contributed by atoms with Gasteiger partial charge in [-0.2, -0.15) is 0 Å². The van der Waals surface area contributed by atoms with Crippen LogP contribution in [0.15, 0.2) is 95.9 Å². The molecule has 3 aromatic carbocycles. The van der Waals surface area contributed by atoms with Crippen molar-refractivity contribution < 1.29 is 9.59 Å². The summed E-state index contributed by atoms with van der Waals surface area (Å²) in [5.41, 5.74) is 3.01. The summed E-state index contributed by atoms with van der Waals surface area (Å²) < 4.78 is 0. The van der Waals surface area contributed by atoms with Crippen LogP contribution in [0.4, 0.5) is 5.69 Å². The Balaban J connectivity index is 1.63. The Morgan fingerprint density at radius 2 is 1.48 bits per heavy atom. The standard InChI is InChI=1S/C25H21NO2S/c1-29-23-14-10-20(11-15-23)12-16-24(27)21-8-5-9-22(18-21)26-25(28)17-13-19-6-3-2-4-7-19/h2-18H,1H3,(H,26,28)/b16-12+,17-13+. The molecule has 4 heteroatoms. The van der Waals surface area contributed by atoms with Crippen molar-refractivity contribution in [2.75, 3.05) is 11.6 Å². The maximum Gasteiger partial charge on any atom is 0.248 e. The van der Waals surface area contributed by atoms with Crippen LogP contribution in [0.5, 0.6) is 0 Å². The van der Waals surface area contributed by atoms with E-state index in [2.05, 4.69) is 5.32 Å². The summed E-state index contributed by atoms with van der Waals surface area (Å²) in [4.78, 5) is 25.8. The van der Waals surface area contributed by atoms with Crippen molar-refractivity contribution in [2.45, 2.75) is 4.90 Å². The van der Waals surface area contributed by atoms with Crippen LogP contribution in [0.1, 0.15) is 21.5 Å². The van der Waals surface area contributed by atoms with Crippen molar-refractivity contribution in [1.82, 2.24) is 0 Å². The fourth-order valence-corrected chi connectivity index (χ4v) is 3.06. The first-order valence-electron chi connectivity index (χ1n) is 9.15. The molecule has 0 saturated carbocycles. The molecule has 0 radical (unpaired) electrons. The predicted molar refractivity (Wildman–Crippen MR) is 122 cm³/mol. The van der Waals surface area contributed by atoms with E-state index in [0.29, 0.717) is 11.3 Å². The number of ketones is 1. The van der Waals surface area contributed by atoms with Gasteiger partial charge in [-0.1, -0.05) is 60.7 Å². The number of rotatable bonds is 7. The molecule has 3 aromatic rings. The second kappa shape index (κ2) is 10.2. The summed E-state index contributed by atoms with van der Waals surface area (Å²) in [5.74, 6) is -0.363. The van der Waals surface area contributed by atoms with Gasteiger partial charge >= 0.3 is 0 Å². The number of thioether (sulfide) groups is 1. The van der Waals surface area contributed by atoms with Gasteiger partial charge in [0.15, 0.2) is 5.78 Å². The number of hydrogen-bond acceptors (Lipinski definition) is 3. The molecular weight excluding hydrogens is 378 g/mol. The van der Waals surface area contributed by atoms with Crippen molar-refractivity contribution in [3.8, 4) is 0 Å². The molecule has 144 valence electrons. The maximum atomic E-state index is 12.5. The fourth-order valence-electron chi connectivity index (χ4n) is 2.65. The Kier molecular flexibility index (Phi) is 7.20. The molecule has 1 amide bonds. The van der Waals surface area contributed by atoms with Gasteiger partial charge in [-0.05, 0) is 53.8 Å². The number of allylic oxidation sites excluding steroid dienone is 1. The molecule has 3 nitrogen and oxygen atoms in total. The Morgan fingerprint density at radius 1 is 0.793 bits per heavy atom. The number of benzene rings is 3. The molecule has 0 heterocycles. The van der Waals surface area contributed by atoms with E-state index in [0.717, 1.165) is 11.1 Å². The second-order valence-electron chi connectivity index (χ2n) is 6.28. The van der Waals surface area contributed by atoms with E-state index < -0.39 is 0 Å². The SMILES string of the molecule is CSc1ccc(/C=C/C(=O)c2cccc(NC(=O)/C=C/c3ccccc3)c2)cc1. The highest BCUT2D eigenvalue weighted by Crippen LogP contribution is 2.16. The topological polar surface area (TPSA) is 46.2 Å². The van der Waals surface area contributed by atoms with Gasteiger partial charge in [-0.3, -0.25) is 9.59 Å². The third-order valence-corrected chi connectivity index (χ3v) is 4.93. The average Bonchev–Trinajstić information content (AvgIpc) is 2.77. The van der Waals surface area contributed by atoms with Crippen molar-refractivity contribution in [3.05, 3.63) is 108 Å². The van der Waals surface area contributed by atoms with Gasteiger partial charge in [0.25, 0.3) is 0 Å². The van der Waals surface area contributed by atoms with Gasteiger partial charge in [0.2, 0.25) is 5.91 Å². The van der Waals surface area contributed by atoms with Crippen LogP contribution in [-0.4, -0.2) is 17.9 Å². The third-order valence-electron chi connectivity index (χ3n) is 4.18. The molecule has 0 aliphatic rings. The molecule has 0 bridgehead atoms. The Labute approximate surface area is 175 Å². The van der Waals surface area contributed by atoms with E-state index >= 15 is 0 Å². The summed E-state index contributed by atoms with van der Waals surface area (Å²) in [6.07, 6.45) is 8.58. The van der Waals surface area contributed by atoms with E-state index in [4.69, 9.17) is 0 Å². The number of carbonyl (C=O) groups excluding carboxylic acids is 2. The van der Waals surface area contributed by atoms with Crippen LogP contribution in [0.2, 0.25) is 0 Å². The van der Waals surface area contributed by atoms with Gasteiger partial charge in [0.1, 0.15) is 0 Å². The lowest BCUT2D eigenvalue weighted by Crippen LogP contribution is -2.08. The van der Waals surface area contributed by atoms with E-state index in [9.17, 15) is 9.59 Å². The molecular formula is C25H21NO2S. The van der Waals surface area contributed by atoms with E-state index in [1.807, 2.05) is 60.9 Å². The highest BCUT2D eigenvalue weighted by molar-refractivity contribution is 7.98. The van der Waals surface area contributed by atoms with Crippen molar-refractivity contribution >= 4 is 41.3 Å². The average molecular weight is 400 g/mol. The van der Waals surface area contributed by atoms with Crippen molar-refractivity contribution in [1.29, 1.82) is 0 Å². The van der Waals surface area contributed by atoms with E-state index in [1.54, 1.807) is 54.3 Å². The number of amides is 1. The largest absolute Gasteiger partial charge is 0.322 e. The maximum absolute atomic E-state index is 12.5. The highest BCUT2D eigenvalue weighted by Gasteiger charge is 2.05. The molecule has 0 saturated heterocycles. The number of hydrogen-bond donors (Lipinski definition) is 1. The van der Waals surface area contributed by atoms with Gasteiger partial charge in [0.05, 0.1) is 0 Å². The van der Waals surface area contributed by atoms with Crippen LogP contribution in [0, 0.1) is 0 Å². The second-order valence-corrected chi connectivity index (χ2v) is 7.16. The molecule has 1 N–H and O–H groups in total. The Hall–Kier alpha value is -3.37. The zero-order chi connectivity index (χ0) is 20.5. The Morgan fingerprint density at radius 3 is 2.21 bits per heavy atom. The van der Waals surface area contributed by atoms with E-state index in [-0.39, 0.29) is 11.7 Å². The molecule has 0 aliphatic carbocycles. The normalized spacial score (nSPS) is 11.1. The number of nitrogens with one attached hydrogen (secondary N) is 1. The number of anilines is 1.